The van der Waals surface area contributed by atoms with Gasteiger partial charge in [0.2, 0.25) is 5.82 Å². The van der Waals surface area contributed by atoms with Gasteiger partial charge in [0.25, 0.3) is 0 Å². The smallest absolute Gasteiger partial charge is 0.401 e. The highest BCUT2D eigenvalue weighted by Crippen LogP contribution is 2.35. The van der Waals surface area contributed by atoms with E-state index in [4.69, 9.17) is 4.74 Å². The molecule has 1 fully saturated rings. The number of nitrogens with zero attached hydrogens (tertiary/aromatic N) is 5. The predicted octanol–water partition coefficient (Wildman–Crippen LogP) is 4.48. The maximum atomic E-state index is 13.3. The van der Waals surface area contributed by atoms with Crippen molar-refractivity contribution in [1.82, 2.24) is 35.4 Å². The normalized spacial score (nSPS) is 18.0. The minimum atomic E-state index is -4.25. The minimum absolute atomic E-state index is 0.242. The summed E-state index contributed by atoms with van der Waals surface area (Å²) >= 11 is 0. The number of nitrogens with one attached hydrogen (secondary N) is 2. The summed E-state index contributed by atoms with van der Waals surface area (Å²) in [5.41, 5.74) is 4.87. The van der Waals surface area contributed by atoms with Crippen LogP contribution in [-0.4, -0.2) is 74.9 Å². The van der Waals surface area contributed by atoms with Gasteiger partial charge in [0.1, 0.15) is 5.75 Å². The number of fused-ring (bicyclic) bond motifs is 1. The molecule has 3 heterocycles. The van der Waals surface area contributed by atoms with Gasteiger partial charge in [0.05, 0.1) is 13.7 Å². The van der Waals surface area contributed by atoms with E-state index in [9.17, 15) is 13.2 Å². The van der Waals surface area contributed by atoms with Crippen LogP contribution in [-0.2, 0) is 6.54 Å². The maximum absolute atomic E-state index is 13.3. The molecule has 1 unspecified atom stereocenters. The lowest BCUT2D eigenvalue weighted by Crippen LogP contribution is -2.39. The maximum Gasteiger partial charge on any atom is 0.401 e. The summed E-state index contributed by atoms with van der Waals surface area (Å²) in [5.74, 6) is 1.25. The Morgan fingerprint density at radius 1 is 1.14 bits per heavy atom. The Morgan fingerprint density at radius 3 is 2.64 bits per heavy atom. The zero-order valence-electron chi connectivity index (χ0n) is 20.1. The quantitative estimate of drug-likeness (QED) is 0.407. The van der Waals surface area contributed by atoms with Crippen LogP contribution in [0.3, 0.4) is 0 Å². The number of H-pyrrole nitrogens is 2. The largest absolute Gasteiger partial charge is 0.496 e. The molecule has 0 saturated carbocycles. The second-order valence-corrected chi connectivity index (χ2v) is 9.19. The van der Waals surface area contributed by atoms with E-state index in [0.29, 0.717) is 31.9 Å². The molecule has 2 aromatic heterocycles. The second kappa shape index (κ2) is 9.90. The van der Waals surface area contributed by atoms with E-state index in [-0.39, 0.29) is 12.6 Å². The van der Waals surface area contributed by atoms with Crippen molar-refractivity contribution in [2.75, 3.05) is 33.3 Å². The number of aryl methyl sites for hydroxylation is 1. The number of rotatable bonds is 6. The topological polar surface area (TPSA) is 86.0 Å². The van der Waals surface area contributed by atoms with Crippen molar-refractivity contribution in [3.63, 3.8) is 0 Å². The number of ether oxygens (including phenoxy) is 1. The SMILES string of the molecule is COc1cc(C)c2[nH]ccc2c1CN1CCCN(CC(F)(F)F)CC1c1ccc(-c2nn[nH]n2)cc1. The van der Waals surface area contributed by atoms with E-state index in [1.54, 1.807) is 7.11 Å². The molecule has 5 rings (SSSR count). The van der Waals surface area contributed by atoms with Crippen LogP contribution < -0.4 is 4.74 Å². The Balaban J connectivity index is 1.51. The Bertz CT molecular complexity index is 1300. The van der Waals surface area contributed by atoms with E-state index >= 15 is 0 Å². The standard InChI is InChI=1S/C25H28F3N7O/c1-16-12-22(36-2)20(19-8-9-29-23(16)19)13-35-11-3-10-34(15-25(26,27)28)14-21(35)17-4-6-18(7-5-17)24-30-32-33-31-24/h4-9,12,21,29H,3,10-11,13-15H2,1-2H3,(H,30,31,32,33). The van der Waals surface area contributed by atoms with Gasteiger partial charge >= 0.3 is 6.18 Å². The Labute approximate surface area is 206 Å². The summed E-state index contributed by atoms with van der Waals surface area (Å²) in [6.45, 7) is 2.97. The van der Waals surface area contributed by atoms with Crippen molar-refractivity contribution in [1.29, 1.82) is 0 Å². The molecular weight excluding hydrogens is 471 g/mol. The molecule has 8 nitrogen and oxygen atoms in total. The van der Waals surface area contributed by atoms with Crippen LogP contribution in [0.15, 0.2) is 42.6 Å². The second-order valence-electron chi connectivity index (χ2n) is 9.19. The first-order valence-corrected chi connectivity index (χ1v) is 11.8. The van der Waals surface area contributed by atoms with E-state index in [1.165, 1.54) is 4.90 Å². The number of alkyl halides is 3. The molecule has 36 heavy (non-hydrogen) atoms. The summed E-state index contributed by atoms with van der Waals surface area (Å²) in [5, 5.41) is 15.1. The fraction of sp³-hybridized carbons (Fsp3) is 0.400. The molecule has 1 aliphatic heterocycles. The average molecular weight is 500 g/mol. The number of hydrogen-bond acceptors (Lipinski definition) is 6. The number of halogens is 3. The van der Waals surface area contributed by atoms with Gasteiger partial charge in [-0.2, -0.15) is 18.4 Å². The lowest BCUT2D eigenvalue weighted by molar-refractivity contribution is -0.146. The summed E-state index contributed by atoms with van der Waals surface area (Å²) in [7, 11) is 1.65. The van der Waals surface area contributed by atoms with Crippen LogP contribution in [0.1, 0.15) is 29.2 Å². The van der Waals surface area contributed by atoms with Crippen LogP contribution in [0, 0.1) is 6.92 Å². The third-order valence-corrected chi connectivity index (χ3v) is 6.79. The number of hydrogen-bond donors (Lipinski definition) is 2. The molecular formula is C25H28F3N7O. The molecule has 0 spiro atoms. The third kappa shape index (κ3) is 5.07. The van der Waals surface area contributed by atoms with Gasteiger partial charge in [-0.3, -0.25) is 9.80 Å². The van der Waals surface area contributed by atoms with Crippen LogP contribution >= 0.6 is 0 Å². The molecule has 0 aliphatic carbocycles. The van der Waals surface area contributed by atoms with Gasteiger partial charge in [0, 0.05) is 53.9 Å². The predicted molar refractivity (Wildman–Crippen MR) is 129 cm³/mol. The number of methoxy groups -OCH3 is 1. The van der Waals surface area contributed by atoms with Crippen molar-refractivity contribution in [2.24, 2.45) is 0 Å². The van der Waals surface area contributed by atoms with Gasteiger partial charge < -0.3 is 9.72 Å². The molecule has 11 heteroatoms. The highest BCUT2D eigenvalue weighted by atomic mass is 19.4. The number of aromatic amines is 2. The Morgan fingerprint density at radius 2 is 1.94 bits per heavy atom. The lowest BCUT2D eigenvalue weighted by Gasteiger charge is -2.33. The first kappa shape index (κ1) is 24.3. The molecule has 1 atom stereocenters. The van der Waals surface area contributed by atoms with E-state index in [2.05, 4.69) is 30.5 Å². The first-order chi connectivity index (χ1) is 17.3. The van der Waals surface area contributed by atoms with Crippen LogP contribution in [0.2, 0.25) is 0 Å². The van der Waals surface area contributed by atoms with Gasteiger partial charge in [-0.15, -0.1) is 10.2 Å². The highest BCUT2D eigenvalue weighted by molar-refractivity contribution is 5.88. The molecule has 2 aromatic carbocycles. The van der Waals surface area contributed by atoms with Crippen molar-refractivity contribution in [3.05, 3.63) is 59.3 Å². The van der Waals surface area contributed by atoms with E-state index in [1.807, 2.05) is 49.5 Å². The Hall–Kier alpha value is -3.44. The fourth-order valence-corrected chi connectivity index (χ4v) is 5.13. The molecule has 190 valence electrons. The Kier molecular flexibility index (Phi) is 6.67. The zero-order valence-corrected chi connectivity index (χ0v) is 20.1. The molecule has 0 bridgehead atoms. The first-order valence-electron chi connectivity index (χ1n) is 11.8. The van der Waals surface area contributed by atoms with Crippen molar-refractivity contribution in [3.8, 4) is 17.1 Å². The van der Waals surface area contributed by atoms with Gasteiger partial charge in [0.15, 0.2) is 0 Å². The van der Waals surface area contributed by atoms with Gasteiger partial charge in [-0.05, 0) is 48.4 Å². The summed E-state index contributed by atoms with van der Waals surface area (Å²) < 4.78 is 45.7. The molecule has 2 N–H and O–H groups in total. The van der Waals surface area contributed by atoms with Crippen LogP contribution in [0.5, 0.6) is 5.75 Å². The summed E-state index contributed by atoms with van der Waals surface area (Å²) in [6.07, 6.45) is -1.71. The molecule has 1 saturated heterocycles. The molecule has 0 radical (unpaired) electrons. The number of aromatic nitrogens is 5. The molecule has 4 aromatic rings. The monoisotopic (exact) mass is 499 g/mol. The summed E-state index contributed by atoms with van der Waals surface area (Å²) in [4.78, 5) is 7.07. The molecule has 1 aliphatic rings. The molecule has 0 amide bonds. The van der Waals surface area contributed by atoms with Crippen molar-refractivity contribution in [2.45, 2.75) is 32.1 Å². The van der Waals surface area contributed by atoms with E-state index < -0.39 is 12.7 Å². The van der Waals surface area contributed by atoms with Crippen LogP contribution in [0.4, 0.5) is 13.2 Å². The number of tetrazole rings is 1. The van der Waals surface area contributed by atoms with Crippen molar-refractivity contribution < 1.29 is 17.9 Å². The van der Waals surface area contributed by atoms with Gasteiger partial charge in [-0.1, -0.05) is 24.3 Å². The van der Waals surface area contributed by atoms with Gasteiger partial charge in [-0.25, -0.2) is 0 Å². The lowest BCUT2D eigenvalue weighted by atomic mass is 10.00. The number of benzene rings is 2. The highest BCUT2D eigenvalue weighted by Gasteiger charge is 2.35. The third-order valence-electron chi connectivity index (χ3n) is 6.79. The average Bonchev–Trinajstić information content (AvgIpc) is 3.52. The van der Waals surface area contributed by atoms with E-state index in [0.717, 1.165) is 38.9 Å². The minimum Gasteiger partial charge on any atom is -0.496 e. The van der Waals surface area contributed by atoms with Crippen molar-refractivity contribution >= 4 is 10.9 Å². The van der Waals surface area contributed by atoms with Crippen LogP contribution in [0.25, 0.3) is 22.3 Å². The zero-order chi connectivity index (χ0) is 25.3. The summed E-state index contributed by atoms with van der Waals surface area (Å²) in [6, 6.07) is 11.5. The fourth-order valence-electron chi connectivity index (χ4n) is 5.13.